The van der Waals surface area contributed by atoms with Gasteiger partial charge in [0.2, 0.25) is 0 Å². The summed E-state index contributed by atoms with van der Waals surface area (Å²) in [4.78, 5) is 11.2. The fourth-order valence-electron chi connectivity index (χ4n) is 3.81. The highest BCUT2D eigenvalue weighted by Crippen LogP contribution is 2.16. The molecule has 3 N–H and O–H groups in total. The molecule has 0 atom stereocenters. The molecular formula is C26H47NO2. The second-order valence-electron chi connectivity index (χ2n) is 8.02. The summed E-state index contributed by atoms with van der Waals surface area (Å²) in [6.07, 6.45) is 22.8. The van der Waals surface area contributed by atoms with Crippen LogP contribution >= 0.6 is 0 Å². The Morgan fingerprint density at radius 2 is 1.07 bits per heavy atom. The van der Waals surface area contributed by atoms with Gasteiger partial charge in [-0.2, -0.15) is 0 Å². The highest BCUT2D eigenvalue weighted by Gasteiger charge is 2.07. The maximum absolute atomic E-state index is 11.2. The Morgan fingerprint density at radius 3 is 1.48 bits per heavy atom. The van der Waals surface area contributed by atoms with Gasteiger partial charge in [-0.3, -0.25) is 0 Å². The van der Waals surface area contributed by atoms with Gasteiger partial charge < -0.3 is 10.8 Å². The number of hydrogen-bond donors (Lipinski definition) is 2. The van der Waals surface area contributed by atoms with Gasteiger partial charge in [0.25, 0.3) is 0 Å². The Labute approximate surface area is 180 Å². The van der Waals surface area contributed by atoms with Crippen molar-refractivity contribution in [1.82, 2.24) is 0 Å². The van der Waals surface area contributed by atoms with Gasteiger partial charge in [0, 0.05) is 0 Å². The van der Waals surface area contributed by atoms with Gasteiger partial charge in [-0.05, 0) is 31.5 Å². The molecule has 0 fully saturated rings. The van der Waals surface area contributed by atoms with Crippen molar-refractivity contribution in [3.05, 3.63) is 35.4 Å². The first-order valence-corrected chi connectivity index (χ1v) is 12.1. The summed E-state index contributed by atoms with van der Waals surface area (Å²) in [5, 5.41) is 9.20. The van der Waals surface area contributed by atoms with Crippen molar-refractivity contribution in [1.29, 1.82) is 0 Å². The number of nitrogens with two attached hydrogens (primary N) is 1. The highest BCUT2D eigenvalue weighted by atomic mass is 16.4. The van der Waals surface area contributed by atoms with Crippen LogP contribution in [0.25, 0.3) is 0 Å². The molecule has 1 rings (SSSR count). The molecule has 0 spiro atoms. The number of carbonyl (C=O) groups is 1. The van der Waals surface area contributed by atoms with E-state index in [1.165, 1.54) is 103 Å². The Hall–Kier alpha value is -1.35. The molecule has 0 amide bonds. The molecule has 168 valence electrons. The zero-order valence-corrected chi connectivity index (χ0v) is 19.3. The van der Waals surface area contributed by atoms with Gasteiger partial charge in [-0.1, -0.05) is 121 Å². The van der Waals surface area contributed by atoms with Crippen LogP contribution in [0.15, 0.2) is 24.3 Å². The molecule has 1 aromatic carbocycles. The van der Waals surface area contributed by atoms with E-state index >= 15 is 0 Å². The van der Waals surface area contributed by atoms with Crippen molar-refractivity contribution >= 4 is 5.97 Å². The molecule has 3 nitrogen and oxygen atoms in total. The molecule has 0 saturated carbocycles. The zero-order valence-electron chi connectivity index (χ0n) is 19.3. The smallest absolute Gasteiger partial charge is 0.335 e. The third kappa shape index (κ3) is 16.2. The molecule has 0 heterocycles. The normalized spacial score (nSPS) is 10.4. The third-order valence-electron chi connectivity index (χ3n) is 5.55. The number of carboxylic acid groups (broad SMARTS) is 1. The number of carboxylic acids is 1. The molecule has 0 unspecified atom stereocenters. The molecule has 29 heavy (non-hydrogen) atoms. The van der Waals surface area contributed by atoms with Crippen LogP contribution in [0.1, 0.15) is 126 Å². The number of rotatable bonds is 18. The maximum atomic E-state index is 11.2. The first-order valence-electron chi connectivity index (χ1n) is 12.1. The van der Waals surface area contributed by atoms with Crippen LogP contribution in [0.2, 0.25) is 0 Å². The largest absolute Gasteiger partial charge is 0.478 e. The first kappa shape index (κ1) is 27.6. The lowest BCUT2D eigenvalue weighted by Gasteiger charge is -2.06. The topological polar surface area (TPSA) is 63.3 Å². The van der Waals surface area contributed by atoms with E-state index in [0.29, 0.717) is 5.56 Å². The van der Waals surface area contributed by atoms with Crippen LogP contribution in [0, 0.1) is 0 Å². The SMILES string of the molecule is CCCCCCCCCCCCCCCCCCc1ccccc1C(=O)O.CN. The zero-order chi connectivity index (χ0) is 21.6. The number of hydrogen-bond acceptors (Lipinski definition) is 2. The molecule has 0 saturated heterocycles. The molecule has 0 bridgehead atoms. The molecule has 0 aliphatic heterocycles. The van der Waals surface area contributed by atoms with Crippen LogP contribution in [0.3, 0.4) is 0 Å². The van der Waals surface area contributed by atoms with Crippen LogP contribution in [0.5, 0.6) is 0 Å². The molecule has 1 aromatic rings. The minimum absolute atomic E-state index is 0.471. The summed E-state index contributed by atoms with van der Waals surface area (Å²) in [5.41, 5.74) is 5.95. The van der Waals surface area contributed by atoms with Crippen LogP contribution in [0.4, 0.5) is 0 Å². The van der Waals surface area contributed by atoms with Gasteiger partial charge in [-0.15, -0.1) is 0 Å². The van der Waals surface area contributed by atoms with E-state index < -0.39 is 5.97 Å². The van der Waals surface area contributed by atoms with Crippen molar-refractivity contribution in [2.24, 2.45) is 5.73 Å². The van der Waals surface area contributed by atoms with Gasteiger partial charge in [0.05, 0.1) is 5.56 Å². The van der Waals surface area contributed by atoms with E-state index in [9.17, 15) is 9.90 Å². The highest BCUT2D eigenvalue weighted by molar-refractivity contribution is 5.89. The fourth-order valence-corrected chi connectivity index (χ4v) is 3.81. The van der Waals surface area contributed by atoms with E-state index in [4.69, 9.17) is 0 Å². The van der Waals surface area contributed by atoms with Crippen LogP contribution < -0.4 is 5.73 Å². The molecule has 0 aliphatic rings. The second-order valence-corrected chi connectivity index (χ2v) is 8.02. The average Bonchev–Trinajstić information content (AvgIpc) is 2.75. The lowest BCUT2D eigenvalue weighted by Crippen LogP contribution is -2.02. The summed E-state index contributed by atoms with van der Waals surface area (Å²) in [5.74, 6) is -0.804. The lowest BCUT2D eigenvalue weighted by atomic mass is 10.00. The summed E-state index contributed by atoms with van der Waals surface area (Å²) >= 11 is 0. The average molecular weight is 406 g/mol. The maximum Gasteiger partial charge on any atom is 0.335 e. The van der Waals surface area contributed by atoms with Crippen molar-refractivity contribution in [3.8, 4) is 0 Å². The Morgan fingerprint density at radius 1 is 0.690 bits per heavy atom. The number of aromatic carboxylic acids is 1. The van der Waals surface area contributed by atoms with E-state index in [2.05, 4.69) is 12.7 Å². The third-order valence-corrected chi connectivity index (χ3v) is 5.55. The fraction of sp³-hybridized carbons (Fsp3) is 0.731. The Balaban J connectivity index is 0.00000379. The summed E-state index contributed by atoms with van der Waals surface area (Å²) < 4.78 is 0. The van der Waals surface area contributed by atoms with Crippen LogP contribution in [-0.2, 0) is 6.42 Å². The number of aryl methyl sites for hydroxylation is 1. The van der Waals surface area contributed by atoms with Gasteiger partial charge in [0.15, 0.2) is 0 Å². The molecule has 0 radical (unpaired) electrons. The van der Waals surface area contributed by atoms with Crippen molar-refractivity contribution < 1.29 is 9.90 Å². The number of unbranched alkanes of at least 4 members (excludes halogenated alkanes) is 15. The minimum atomic E-state index is -0.804. The van der Waals surface area contributed by atoms with E-state index in [0.717, 1.165) is 18.4 Å². The van der Waals surface area contributed by atoms with Crippen molar-refractivity contribution in [3.63, 3.8) is 0 Å². The van der Waals surface area contributed by atoms with Crippen molar-refractivity contribution in [2.75, 3.05) is 7.05 Å². The first-order chi connectivity index (χ1) is 14.3. The monoisotopic (exact) mass is 405 g/mol. The van der Waals surface area contributed by atoms with Gasteiger partial charge in [0.1, 0.15) is 0 Å². The van der Waals surface area contributed by atoms with Crippen LogP contribution in [-0.4, -0.2) is 18.1 Å². The van der Waals surface area contributed by atoms with E-state index in [-0.39, 0.29) is 0 Å². The predicted molar refractivity (Wildman–Crippen MR) is 127 cm³/mol. The molecule has 0 aromatic heterocycles. The Bertz CT molecular complexity index is 487. The summed E-state index contributed by atoms with van der Waals surface area (Å²) in [6, 6.07) is 7.41. The standard InChI is InChI=1S/C25H42O2.CH5N/c1-2-3-4-5-6-7-8-9-10-11-12-13-14-15-16-17-20-23-21-18-19-22-24(23)25(26)27;1-2/h18-19,21-22H,2-17,20H2,1H3,(H,26,27);2H2,1H3. The molecule has 3 heteroatoms. The van der Waals surface area contributed by atoms with E-state index in [1.54, 1.807) is 12.1 Å². The van der Waals surface area contributed by atoms with Gasteiger partial charge >= 0.3 is 5.97 Å². The minimum Gasteiger partial charge on any atom is -0.478 e. The quantitative estimate of drug-likeness (QED) is 0.245. The lowest BCUT2D eigenvalue weighted by molar-refractivity contribution is 0.0695. The van der Waals surface area contributed by atoms with Gasteiger partial charge in [-0.25, -0.2) is 4.79 Å². The predicted octanol–water partition coefficient (Wildman–Crippen LogP) is 7.76. The van der Waals surface area contributed by atoms with Crippen molar-refractivity contribution in [2.45, 2.75) is 116 Å². The number of benzene rings is 1. The molecular weight excluding hydrogens is 358 g/mol. The molecule has 0 aliphatic carbocycles. The van der Waals surface area contributed by atoms with E-state index in [1.807, 2.05) is 12.1 Å². The summed E-state index contributed by atoms with van der Waals surface area (Å²) in [6.45, 7) is 2.28. The summed E-state index contributed by atoms with van der Waals surface area (Å²) in [7, 11) is 1.50. The second kappa shape index (κ2) is 21.4. The Kier molecular flexibility index (Phi) is 20.4.